The van der Waals surface area contributed by atoms with Crippen molar-refractivity contribution in [2.45, 2.75) is 17.9 Å². The zero-order chi connectivity index (χ0) is 13.8. The lowest BCUT2D eigenvalue weighted by Crippen LogP contribution is -2.26. The first-order valence-corrected chi connectivity index (χ1v) is 6.74. The van der Waals surface area contributed by atoms with Gasteiger partial charge >= 0.3 is 0 Å². The molecule has 0 aliphatic carbocycles. The molecule has 2 nitrogen and oxygen atoms in total. The average Bonchev–Trinajstić information content (AvgIpc) is 2.39. The topological polar surface area (TPSA) is 29.1 Å². The molecule has 1 unspecified atom stereocenters. The minimum atomic E-state index is -0.113. The van der Waals surface area contributed by atoms with Crippen molar-refractivity contribution in [1.82, 2.24) is 5.32 Å². The van der Waals surface area contributed by atoms with Crippen LogP contribution in [0.2, 0.25) is 5.02 Å². The van der Waals surface area contributed by atoms with E-state index in [9.17, 15) is 4.79 Å². The van der Waals surface area contributed by atoms with E-state index in [0.29, 0.717) is 10.6 Å². The van der Waals surface area contributed by atoms with Gasteiger partial charge in [0.25, 0.3) is 5.91 Å². The first-order chi connectivity index (χ1) is 9.06. The van der Waals surface area contributed by atoms with Gasteiger partial charge in [0.05, 0.1) is 6.04 Å². The molecule has 0 spiro atoms. The summed E-state index contributed by atoms with van der Waals surface area (Å²) in [4.78, 5) is 12.8. The number of benzene rings is 2. The summed E-state index contributed by atoms with van der Waals surface area (Å²) in [5.74, 6) is -0.113. The lowest BCUT2D eigenvalue weighted by molar-refractivity contribution is 0.0939. The number of hydrogen-bond donors (Lipinski definition) is 2. The van der Waals surface area contributed by atoms with E-state index in [1.807, 2.05) is 43.3 Å². The molecule has 1 amide bonds. The normalized spacial score (nSPS) is 11.9. The Morgan fingerprint density at radius 2 is 1.89 bits per heavy atom. The fourth-order valence-electron chi connectivity index (χ4n) is 1.76. The summed E-state index contributed by atoms with van der Waals surface area (Å²) >= 11 is 10.1. The van der Waals surface area contributed by atoms with E-state index in [0.717, 1.165) is 10.5 Å². The van der Waals surface area contributed by atoms with Gasteiger partial charge in [-0.3, -0.25) is 4.79 Å². The van der Waals surface area contributed by atoms with Gasteiger partial charge in [0.15, 0.2) is 0 Å². The molecule has 1 atom stereocenters. The monoisotopic (exact) mass is 291 g/mol. The van der Waals surface area contributed by atoms with Crippen LogP contribution in [0.25, 0.3) is 0 Å². The third-order valence-electron chi connectivity index (χ3n) is 2.83. The van der Waals surface area contributed by atoms with Crippen LogP contribution in [0.4, 0.5) is 0 Å². The maximum Gasteiger partial charge on any atom is 0.251 e. The van der Waals surface area contributed by atoms with Crippen molar-refractivity contribution in [3.63, 3.8) is 0 Å². The van der Waals surface area contributed by atoms with Crippen molar-refractivity contribution in [2.75, 3.05) is 0 Å². The Hall–Kier alpha value is -1.45. The molecule has 0 bridgehead atoms. The van der Waals surface area contributed by atoms with Gasteiger partial charge < -0.3 is 5.32 Å². The average molecular weight is 292 g/mol. The van der Waals surface area contributed by atoms with Gasteiger partial charge in [0, 0.05) is 15.5 Å². The molecule has 0 radical (unpaired) electrons. The van der Waals surface area contributed by atoms with Crippen molar-refractivity contribution >= 4 is 30.1 Å². The van der Waals surface area contributed by atoms with Gasteiger partial charge in [-0.05, 0) is 42.8 Å². The van der Waals surface area contributed by atoms with Gasteiger partial charge in [-0.2, -0.15) is 0 Å². The molecule has 0 aliphatic heterocycles. The molecule has 2 aromatic carbocycles. The molecule has 0 fully saturated rings. The van der Waals surface area contributed by atoms with Crippen LogP contribution in [0.1, 0.15) is 28.9 Å². The number of amides is 1. The molecule has 2 aromatic rings. The molecule has 0 saturated heterocycles. The summed E-state index contributed by atoms with van der Waals surface area (Å²) < 4.78 is 0. The van der Waals surface area contributed by atoms with E-state index in [1.54, 1.807) is 12.1 Å². The summed E-state index contributed by atoms with van der Waals surface area (Å²) in [7, 11) is 0. The van der Waals surface area contributed by atoms with Gasteiger partial charge in [-0.1, -0.05) is 29.8 Å². The zero-order valence-corrected chi connectivity index (χ0v) is 12.1. The zero-order valence-electron chi connectivity index (χ0n) is 10.4. The highest BCUT2D eigenvalue weighted by atomic mass is 35.5. The van der Waals surface area contributed by atoms with Crippen LogP contribution in [0.3, 0.4) is 0 Å². The second-order valence-corrected chi connectivity index (χ2v) is 5.25. The summed E-state index contributed by atoms with van der Waals surface area (Å²) in [5.41, 5.74) is 1.62. The second kappa shape index (κ2) is 6.13. The van der Waals surface area contributed by atoms with Crippen LogP contribution in [0.15, 0.2) is 53.4 Å². The van der Waals surface area contributed by atoms with E-state index in [4.69, 9.17) is 11.6 Å². The van der Waals surface area contributed by atoms with Crippen LogP contribution in [-0.2, 0) is 0 Å². The minimum Gasteiger partial charge on any atom is -0.346 e. The Morgan fingerprint density at radius 3 is 2.53 bits per heavy atom. The maximum atomic E-state index is 12.1. The summed E-state index contributed by atoms with van der Waals surface area (Å²) in [6.45, 7) is 1.94. The third kappa shape index (κ3) is 3.75. The fraction of sp³-hybridized carbons (Fsp3) is 0.133. The smallest absolute Gasteiger partial charge is 0.251 e. The molecular weight excluding hydrogens is 278 g/mol. The summed E-state index contributed by atoms with van der Waals surface area (Å²) in [6, 6.07) is 14.5. The van der Waals surface area contributed by atoms with Crippen molar-refractivity contribution in [3.8, 4) is 0 Å². The van der Waals surface area contributed by atoms with Crippen LogP contribution in [0, 0.1) is 0 Å². The molecule has 98 valence electrons. The summed E-state index contributed by atoms with van der Waals surface area (Å²) in [5, 5.41) is 3.63. The van der Waals surface area contributed by atoms with Crippen molar-refractivity contribution in [3.05, 3.63) is 64.7 Å². The first-order valence-electron chi connectivity index (χ1n) is 5.91. The SMILES string of the molecule is CC(NC(=O)c1cccc(S)c1)c1ccc(Cl)cc1. The maximum absolute atomic E-state index is 12.1. The Bertz CT molecular complexity index is 583. The quantitative estimate of drug-likeness (QED) is 0.819. The molecule has 0 aliphatic rings. The Morgan fingerprint density at radius 1 is 1.21 bits per heavy atom. The number of nitrogens with one attached hydrogen (secondary N) is 1. The Balaban J connectivity index is 2.08. The van der Waals surface area contributed by atoms with E-state index < -0.39 is 0 Å². The Labute approximate surface area is 123 Å². The Kier molecular flexibility index (Phi) is 4.51. The van der Waals surface area contributed by atoms with Crippen LogP contribution in [-0.4, -0.2) is 5.91 Å². The van der Waals surface area contributed by atoms with Crippen molar-refractivity contribution < 1.29 is 4.79 Å². The lowest BCUT2D eigenvalue weighted by Gasteiger charge is -2.14. The number of thiol groups is 1. The fourth-order valence-corrected chi connectivity index (χ4v) is 2.11. The number of carbonyl (C=O) groups excluding carboxylic acids is 1. The first kappa shape index (κ1) is 14.0. The van der Waals surface area contributed by atoms with Crippen molar-refractivity contribution in [2.24, 2.45) is 0 Å². The van der Waals surface area contributed by atoms with E-state index in [-0.39, 0.29) is 11.9 Å². The van der Waals surface area contributed by atoms with Gasteiger partial charge in [0.1, 0.15) is 0 Å². The third-order valence-corrected chi connectivity index (χ3v) is 3.36. The predicted octanol–water partition coefficient (Wildman–Crippen LogP) is 4.12. The van der Waals surface area contributed by atoms with E-state index >= 15 is 0 Å². The van der Waals surface area contributed by atoms with Gasteiger partial charge in [-0.15, -0.1) is 12.6 Å². The van der Waals surface area contributed by atoms with Gasteiger partial charge in [-0.25, -0.2) is 0 Å². The highest BCUT2D eigenvalue weighted by Gasteiger charge is 2.11. The summed E-state index contributed by atoms with van der Waals surface area (Å²) in [6.07, 6.45) is 0. The van der Waals surface area contributed by atoms with Crippen molar-refractivity contribution in [1.29, 1.82) is 0 Å². The van der Waals surface area contributed by atoms with E-state index in [1.165, 1.54) is 0 Å². The number of carbonyl (C=O) groups is 1. The predicted molar refractivity (Wildman–Crippen MR) is 81.0 cm³/mol. The molecule has 1 N–H and O–H groups in total. The highest BCUT2D eigenvalue weighted by molar-refractivity contribution is 7.80. The molecule has 2 rings (SSSR count). The molecule has 19 heavy (non-hydrogen) atoms. The minimum absolute atomic E-state index is 0.0756. The molecule has 0 saturated carbocycles. The van der Waals surface area contributed by atoms with Crippen LogP contribution >= 0.6 is 24.2 Å². The van der Waals surface area contributed by atoms with Crippen LogP contribution < -0.4 is 5.32 Å². The second-order valence-electron chi connectivity index (χ2n) is 4.30. The van der Waals surface area contributed by atoms with Gasteiger partial charge in [0.2, 0.25) is 0 Å². The molecule has 4 heteroatoms. The number of halogens is 1. The number of rotatable bonds is 3. The standard InChI is InChI=1S/C15H14ClNOS/c1-10(11-5-7-13(16)8-6-11)17-15(18)12-3-2-4-14(19)9-12/h2-10,19H,1H3,(H,17,18). The van der Waals surface area contributed by atoms with E-state index in [2.05, 4.69) is 17.9 Å². The lowest BCUT2D eigenvalue weighted by atomic mass is 10.1. The molecular formula is C15H14ClNOS. The largest absolute Gasteiger partial charge is 0.346 e. The molecule has 0 heterocycles. The highest BCUT2D eigenvalue weighted by Crippen LogP contribution is 2.17. The van der Waals surface area contributed by atoms with Crippen LogP contribution in [0.5, 0.6) is 0 Å². The molecule has 0 aromatic heterocycles. The number of hydrogen-bond acceptors (Lipinski definition) is 2.